The number of hydrogen-bond donors (Lipinski definition) is 2. The Balaban J connectivity index is 1.74. The summed E-state index contributed by atoms with van der Waals surface area (Å²) in [6.07, 6.45) is -0.595. The quantitative estimate of drug-likeness (QED) is 0.792. The molecule has 21 heavy (non-hydrogen) atoms. The van der Waals surface area contributed by atoms with Crippen molar-refractivity contribution in [1.82, 2.24) is 5.32 Å². The molecule has 2 atom stereocenters. The topological polar surface area (TPSA) is 41.5 Å². The molecule has 1 unspecified atom stereocenters. The number of halogens is 2. The van der Waals surface area contributed by atoms with Crippen molar-refractivity contribution in [3.05, 3.63) is 50.6 Å². The molecule has 1 heterocycles. The van der Waals surface area contributed by atoms with Gasteiger partial charge >= 0.3 is 0 Å². The molecule has 0 fully saturated rings. The zero-order chi connectivity index (χ0) is 15.2. The van der Waals surface area contributed by atoms with Crippen LogP contribution in [0.2, 0.25) is 10.0 Å². The van der Waals surface area contributed by atoms with Crippen molar-refractivity contribution >= 4 is 34.5 Å². The van der Waals surface area contributed by atoms with Gasteiger partial charge in [-0.3, -0.25) is 0 Å². The third kappa shape index (κ3) is 5.16. The van der Waals surface area contributed by atoms with Crippen LogP contribution in [0.15, 0.2) is 35.7 Å². The standard InChI is InChI=1S/C15H17Cl2NO2S/c1-10(15-3-2-6-21-15)18-8-11(19)9-20-12-4-5-13(16)14(17)7-12/h2-7,10-11,18-19H,8-9H2,1H3/t10-,11?/m1/s1. The molecule has 1 aromatic carbocycles. The fourth-order valence-corrected chi connectivity index (χ4v) is 2.82. The maximum Gasteiger partial charge on any atom is 0.121 e. The third-order valence-electron chi connectivity index (χ3n) is 2.96. The van der Waals surface area contributed by atoms with E-state index >= 15 is 0 Å². The Morgan fingerprint density at radius 1 is 1.29 bits per heavy atom. The fourth-order valence-electron chi connectivity index (χ4n) is 1.77. The summed E-state index contributed by atoms with van der Waals surface area (Å²) < 4.78 is 5.50. The molecule has 3 nitrogen and oxygen atoms in total. The second-order valence-electron chi connectivity index (χ2n) is 4.69. The monoisotopic (exact) mass is 345 g/mol. The van der Waals surface area contributed by atoms with Gasteiger partial charge in [0.05, 0.1) is 10.0 Å². The molecule has 0 saturated carbocycles. The molecule has 0 saturated heterocycles. The number of nitrogens with one attached hydrogen (secondary N) is 1. The van der Waals surface area contributed by atoms with Crippen LogP contribution in [-0.4, -0.2) is 24.4 Å². The lowest BCUT2D eigenvalue weighted by atomic mass is 10.2. The first-order valence-corrected chi connectivity index (χ1v) is 8.22. The predicted molar refractivity (Wildman–Crippen MR) is 88.7 cm³/mol. The van der Waals surface area contributed by atoms with Crippen LogP contribution in [0, 0.1) is 0 Å². The molecule has 2 rings (SSSR count). The second kappa shape index (κ2) is 8.01. The average molecular weight is 346 g/mol. The summed E-state index contributed by atoms with van der Waals surface area (Å²) >= 11 is 13.4. The predicted octanol–water partition coefficient (Wildman–Crippen LogP) is 4.15. The van der Waals surface area contributed by atoms with Crippen LogP contribution < -0.4 is 10.1 Å². The first-order chi connectivity index (χ1) is 10.1. The number of benzene rings is 1. The Kier molecular flexibility index (Phi) is 6.33. The maximum absolute atomic E-state index is 9.94. The number of aliphatic hydroxyl groups excluding tert-OH is 1. The van der Waals surface area contributed by atoms with Crippen LogP contribution in [0.25, 0.3) is 0 Å². The number of rotatable bonds is 7. The van der Waals surface area contributed by atoms with E-state index in [0.717, 1.165) is 0 Å². The average Bonchev–Trinajstić information content (AvgIpc) is 3.00. The third-order valence-corrected chi connectivity index (χ3v) is 4.76. The summed E-state index contributed by atoms with van der Waals surface area (Å²) in [5.41, 5.74) is 0. The van der Waals surface area contributed by atoms with Crippen molar-refractivity contribution in [3.63, 3.8) is 0 Å². The van der Waals surface area contributed by atoms with Crippen LogP contribution in [0.4, 0.5) is 0 Å². The van der Waals surface area contributed by atoms with Gasteiger partial charge in [0.15, 0.2) is 0 Å². The smallest absolute Gasteiger partial charge is 0.121 e. The van der Waals surface area contributed by atoms with Gasteiger partial charge in [0.25, 0.3) is 0 Å². The normalized spacial score (nSPS) is 13.9. The van der Waals surface area contributed by atoms with E-state index in [2.05, 4.69) is 18.3 Å². The van der Waals surface area contributed by atoms with Crippen LogP contribution in [0.1, 0.15) is 17.8 Å². The first kappa shape index (κ1) is 16.6. The molecular weight excluding hydrogens is 329 g/mol. The molecular formula is C15H17Cl2NO2S. The highest BCUT2D eigenvalue weighted by molar-refractivity contribution is 7.10. The Morgan fingerprint density at radius 3 is 2.76 bits per heavy atom. The fraction of sp³-hybridized carbons (Fsp3) is 0.333. The minimum absolute atomic E-state index is 0.197. The van der Waals surface area contributed by atoms with Crippen molar-refractivity contribution in [2.45, 2.75) is 19.1 Å². The summed E-state index contributed by atoms with van der Waals surface area (Å²) in [6, 6.07) is 9.33. The summed E-state index contributed by atoms with van der Waals surface area (Å²) in [6.45, 7) is 2.72. The Morgan fingerprint density at radius 2 is 2.10 bits per heavy atom. The molecule has 114 valence electrons. The molecule has 0 spiro atoms. The highest BCUT2D eigenvalue weighted by Gasteiger charge is 2.10. The Labute approximate surface area is 138 Å². The van der Waals surface area contributed by atoms with E-state index in [9.17, 15) is 5.11 Å². The van der Waals surface area contributed by atoms with Crippen molar-refractivity contribution in [1.29, 1.82) is 0 Å². The van der Waals surface area contributed by atoms with E-state index in [1.165, 1.54) is 4.88 Å². The molecule has 0 aliphatic carbocycles. The van der Waals surface area contributed by atoms with E-state index in [4.69, 9.17) is 27.9 Å². The molecule has 0 amide bonds. The summed E-state index contributed by atoms with van der Waals surface area (Å²) in [5.74, 6) is 0.592. The van der Waals surface area contributed by atoms with Gasteiger partial charge in [0.2, 0.25) is 0 Å². The van der Waals surface area contributed by atoms with E-state index in [-0.39, 0.29) is 12.6 Å². The van der Waals surface area contributed by atoms with Gasteiger partial charge in [-0.05, 0) is 30.5 Å². The number of aliphatic hydroxyl groups is 1. The van der Waals surface area contributed by atoms with Gasteiger partial charge in [-0.25, -0.2) is 0 Å². The van der Waals surface area contributed by atoms with Crippen LogP contribution >= 0.6 is 34.5 Å². The van der Waals surface area contributed by atoms with Gasteiger partial charge in [-0.1, -0.05) is 29.3 Å². The zero-order valence-electron chi connectivity index (χ0n) is 11.6. The van der Waals surface area contributed by atoms with Crippen LogP contribution in [-0.2, 0) is 0 Å². The SMILES string of the molecule is C[C@@H](NCC(O)COc1ccc(Cl)c(Cl)c1)c1cccs1. The molecule has 0 aliphatic rings. The molecule has 1 aromatic heterocycles. The lowest BCUT2D eigenvalue weighted by Gasteiger charge is -2.17. The van der Waals surface area contributed by atoms with Gasteiger partial charge in [0.1, 0.15) is 18.5 Å². The maximum atomic E-state index is 9.94. The number of ether oxygens (including phenoxy) is 1. The summed E-state index contributed by atoms with van der Waals surface area (Å²) in [7, 11) is 0. The minimum Gasteiger partial charge on any atom is -0.491 e. The molecule has 0 bridgehead atoms. The van der Waals surface area contributed by atoms with Gasteiger partial charge < -0.3 is 15.2 Å². The van der Waals surface area contributed by atoms with E-state index in [1.807, 2.05) is 11.4 Å². The van der Waals surface area contributed by atoms with Gasteiger partial charge in [-0.15, -0.1) is 11.3 Å². The number of thiophene rings is 1. The lowest BCUT2D eigenvalue weighted by molar-refractivity contribution is 0.104. The van der Waals surface area contributed by atoms with Crippen molar-refractivity contribution < 1.29 is 9.84 Å². The molecule has 0 radical (unpaired) electrons. The summed E-state index contributed by atoms with van der Waals surface area (Å²) in [5, 5.41) is 16.2. The highest BCUT2D eigenvalue weighted by Crippen LogP contribution is 2.26. The molecule has 6 heteroatoms. The Hall–Kier alpha value is -0.780. The Bertz CT molecular complexity index is 563. The van der Waals surface area contributed by atoms with Crippen molar-refractivity contribution in [2.24, 2.45) is 0 Å². The minimum atomic E-state index is -0.595. The first-order valence-electron chi connectivity index (χ1n) is 6.59. The van der Waals surface area contributed by atoms with Crippen LogP contribution in [0.5, 0.6) is 5.75 Å². The van der Waals surface area contributed by atoms with Gasteiger partial charge in [-0.2, -0.15) is 0 Å². The van der Waals surface area contributed by atoms with Crippen molar-refractivity contribution in [3.8, 4) is 5.75 Å². The van der Waals surface area contributed by atoms with E-state index in [1.54, 1.807) is 29.5 Å². The van der Waals surface area contributed by atoms with Crippen LogP contribution in [0.3, 0.4) is 0 Å². The van der Waals surface area contributed by atoms with Gasteiger partial charge in [0, 0.05) is 23.5 Å². The summed E-state index contributed by atoms with van der Waals surface area (Å²) in [4.78, 5) is 1.24. The highest BCUT2D eigenvalue weighted by atomic mass is 35.5. The van der Waals surface area contributed by atoms with Crippen molar-refractivity contribution in [2.75, 3.05) is 13.2 Å². The second-order valence-corrected chi connectivity index (χ2v) is 6.48. The molecule has 2 aromatic rings. The molecule has 2 N–H and O–H groups in total. The lowest BCUT2D eigenvalue weighted by Crippen LogP contribution is -2.32. The van der Waals surface area contributed by atoms with E-state index in [0.29, 0.717) is 22.3 Å². The largest absolute Gasteiger partial charge is 0.491 e. The number of hydrogen-bond acceptors (Lipinski definition) is 4. The van der Waals surface area contributed by atoms with E-state index < -0.39 is 6.10 Å². The molecule has 0 aliphatic heterocycles. The zero-order valence-corrected chi connectivity index (χ0v) is 13.9.